The molecule has 32 heavy (non-hydrogen) atoms. The minimum absolute atomic E-state index is 0.0212. The molecule has 0 radical (unpaired) electrons. The molecule has 0 aromatic heterocycles. The maximum Gasteiger partial charge on any atom is 0.251 e. The summed E-state index contributed by atoms with van der Waals surface area (Å²) in [6, 6.07) is 12.5. The molecule has 172 valence electrons. The van der Waals surface area contributed by atoms with E-state index in [4.69, 9.17) is 9.47 Å². The highest BCUT2D eigenvalue weighted by atomic mass is 32.2. The van der Waals surface area contributed by atoms with Gasteiger partial charge in [-0.2, -0.15) is 0 Å². The van der Waals surface area contributed by atoms with E-state index in [9.17, 15) is 13.2 Å². The second kappa shape index (κ2) is 9.99. The number of carbonyl (C=O) groups excluding carboxylic acids is 1. The van der Waals surface area contributed by atoms with Crippen LogP contribution in [0.15, 0.2) is 47.4 Å². The van der Waals surface area contributed by atoms with Crippen LogP contribution in [0.25, 0.3) is 0 Å². The Morgan fingerprint density at radius 2 is 1.88 bits per heavy atom. The zero-order valence-corrected chi connectivity index (χ0v) is 19.0. The summed E-state index contributed by atoms with van der Waals surface area (Å²) in [5, 5.41) is 2.89. The lowest BCUT2D eigenvalue weighted by molar-refractivity contribution is 0.0342. The average molecular weight is 460 g/mol. The Morgan fingerprint density at radius 3 is 2.59 bits per heavy atom. The van der Waals surface area contributed by atoms with Gasteiger partial charge >= 0.3 is 0 Å². The Kier molecular flexibility index (Phi) is 7.10. The van der Waals surface area contributed by atoms with Crippen molar-refractivity contribution >= 4 is 15.9 Å². The third-order valence-corrected chi connectivity index (χ3v) is 7.11. The van der Waals surface area contributed by atoms with Crippen LogP contribution in [0.2, 0.25) is 0 Å². The number of benzene rings is 2. The summed E-state index contributed by atoms with van der Waals surface area (Å²) in [6.45, 7) is 4.54. The topological polar surface area (TPSA) is 97.0 Å². The van der Waals surface area contributed by atoms with Gasteiger partial charge in [-0.05, 0) is 42.2 Å². The van der Waals surface area contributed by atoms with E-state index in [2.05, 4.69) is 27.1 Å². The van der Waals surface area contributed by atoms with Gasteiger partial charge in [-0.25, -0.2) is 13.1 Å². The minimum Gasteiger partial charge on any atom is -0.495 e. The third-order valence-electron chi connectivity index (χ3n) is 5.57. The van der Waals surface area contributed by atoms with E-state index in [0.29, 0.717) is 6.54 Å². The zero-order chi connectivity index (χ0) is 22.6. The molecule has 2 N–H and O–H groups in total. The summed E-state index contributed by atoms with van der Waals surface area (Å²) in [5.41, 5.74) is 2.44. The van der Waals surface area contributed by atoms with Crippen LogP contribution in [0.5, 0.6) is 5.75 Å². The predicted octanol–water partition coefficient (Wildman–Crippen LogP) is 1.90. The standard InChI is InChI=1S/C23H29N3O5S/c1-30-21-8-5-19(14-22(21)32(28,29)25-20-6-7-20)23(27)24-15-17-3-2-4-18(13-17)16-26-9-11-31-12-10-26/h2-5,8,13-14,20,25H,6-7,9-12,15-16H2,1H3,(H,24,27). The Balaban J connectivity index is 1.41. The van der Waals surface area contributed by atoms with Crippen LogP contribution in [0.4, 0.5) is 0 Å². The Morgan fingerprint density at radius 1 is 1.12 bits per heavy atom. The van der Waals surface area contributed by atoms with Crippen LogP contribution in [-0.2, 0) is 27.8 Å². The van der Waals surface area contributed by atoms with Gasteiger partial charge in [0.1, 0.15) is 10.6 Å². The van der Waals surface area contributed by atoms with E-state index in [1.807, 2.05) is 12.1 Å². The van der Waals surface area contributed by atoms with E-state index in [0.717, 1.165) is 51.3 Å². The molecule has 1 amide bonds. The fraction of sp³-hybridized carbons (Fsp3) is 0.435. The minimum atomic E-state index is -3.75. The van der Waals surface area contributed by atoms with Crippen LogP contribution >= 0.6 is 0 Å². The number of carbonyl (C=O) groups is 1. The van der Waals surface area contributed by atoms with Gasteiger partial charge in [0, 0.05) is 37.8 Å². The van der Waals surface area contributed by atoms with E-state index in [1.54, 1.807) is 6.07 Å². The van der Waals surface area contributed by atoms with E-state index < -0.39 is 10.0 Å². The van der Waals surface area contributed by atoms with Crippen molar-refractivity contribution in [3.05, 3.63) is 59.2 Å². The van der Waals surface area contributed by atoms with Gasteiger partial charge in [0.05, 0.1) is 20.3 Å². The largest absolute Gasteiger partial charge is 0.495 e. The molecule has 0 unspecified atom stereocenters. The number of ether oxygens (including phenoxy) is 2. The highest BCUT2D eigenvalue weighted by molar-refractivity contribution is 7.89. The smallest absolute Gasteiger partial charge is 0.251 e. The van der Waals surface area contributed by atoms with Crippen molar-refractivity contribution < 1.29 is 22.7 Å². The number of hydrogen-bond acceptors (Lipinski definition) is 6. The quantitative estimate of drug-likeness (QED) is 0.595. The lowest BCUT2D eigenvalue weighted by Gasteiger charge is -2.26. The molecule has 1 aliphatic heterocycles. The molecule has 1 saturated heterocycles. The van der Waals surface area contributed by atoms with Crippen molar-refractivity contribution in [2.24, 2.45) is 0 Å². The van der Waals surface area contributed by atoms with Gasteiger partial charge in [-0.15, -0.1) is 0 Å². The fourth-order valence-corrected chi connectivity index (χ4v) is 5.15. The fourth-order valence-electron chi connectivity index (χ4n) is 3.65. The molecule has 1 saturated carbocycles. The molecule has 1 heterocycles. The summed E-state index contributed by atoms with van der Waals surface area (Å²) in [4.78, 5) is 15.1. The summed E-state index contributed by atoms with van der Waals surface area (Å²) < 4.78 is 38.6. The second-order valence-electron chi connectivity index (χ2n) is 8.15. The number of amides is 1. The Hall–Kier alpha value is -2.46. The second-order valence-corrected chi connectivity index (χ2v) is 9.83. The third kappa shape index (κ3) is 5.86. The van der Waals surface area contributed by atoms with Crippen molar-refractivity contribution in [3.63, 3.8) is 0 Å². The zero-order valence-electron chi connectivity index (χ0n) is 18.2. The maximum atomic E-state index is 12.7. The maximum absolute atomic E-state index is 12.7. The van der Waals surface area contributed by atoms with Gasteiger partial charge in [0.2, 0.25) is 10.0 Å². The first kappa shape index (κ1) is 22.7. The molecular weight excluding hydrogens is 430 g/mol. The van der Waals surface area contributed by atoms with Crippen LogP contribution in [0.1, 0.15) is 34.3 Å². The summed E-state index contributed by atoms with van der Waals surface area (Å²) in [5.74, 6) is -0.125. The number of nitrogens with zero attached hydrogens (tertiary/aromatic N) is 1. The van der Waals surface area contributed by atoms with Crippen LogP contribution < -0.4 is 14.8 Å². The number of hydrogen-bond donors (Lipinski definition) is 2. The Labute approximate surface area is 189 Å². The van der Waals surface area contributed by atoms with Crippen LogP contribution in [-0.4, -0.2) is 58.7 Å². The number of rotatable bonds is 9. The molecule has 4 rings (SSSR count). The van der Waals surface area contributed by atoms with E-state index in [-0.39, 0.29) is 28.2 Å². The molecule has 0 spiro atoms. The van der Waals surface area contributed by atoms with Gasteiger partial charge in [-0.3, -0.25) is 9.69 Å². The first-order valence-corrected chi connectivity index (χ1v) is 12.3. The molecule has 2 aromatic rings. The number of sulfonamides is 1. The number of nitrogens with one attached hydrogen (secondary N) is 2. The highest BCUT2D eigenvalue weighted by Gasteiger charge is 2.30. The normalized spacial score (nSPS) is 17.2. The van der Waals surface area contributed by atoms with Gasteiger partial charge in [0.15, 0.2) is 0 Å². The molecule has 0 atom stereocenters. The first-order chi connectivity index (χ1) is 15.4. The summed E-state index contributed by atoms with van der Waals surface area (Å²) in [7, 11) is -2.34. The van der Waals surface area contributed by atoms with E-state index >= 15 is 0 Å². The number of methoxy groups -OCH3 is 1. The summed E-state index contributed by atoms with van der Waals surface area (Å²) in [6.07, 6.45) is 1.65. The van der Waals surface area contributed by atoms with Crippen molar-refractivity contribution in [1.29, 1.82) is 0 Å². The Bertz CT molecular complexity index is 1060. The van der Waals surface area contributed by atoms with Gasteiger partial charge in [-0.1, -0.05) is 24.3 Å². The SMILES string of the molecule is COc1ccc(C(=O)NCc2cccc(CN3CCOCC3)c2)cc1S(=O)(=O)NC1CC1. The summed E-state index contributed by atoms with van der Waals surface area (Å²) >= 11 is 0. The molecule has 1 aliphatic carbocycles. The lowest BCUT2D eigenvalue weighted by atomic mass is 10.1. The van der Waals surface area contributed by atoms with Crippen LogP contribution in [0, 0.1) is 0 Å². The molecule has 2 fully saturated rings. The molecule has 2 aliphatic rings. The molecular formula is C23H29N3O5S. The molecule has 2 aromatic carbocycles. The van der Waals surface area contributed by atoms with Crippen LogP contribution in [0.3, 0.4) is 0 Å². The molecule has 8 nitrogen and oxygen atoms in total. The van der Waals surface area contributed by atoms with Crippen molar-refractivity contribution in [2.45, 2.75) is 36.9 Å². The first-order valence-electron chi connectivity index (χ1n) is 10.8. The predicted molar refractivity (Wildman–Crippen MR) is 120 cm³/mol. The number of morpholine rings is 1. The van der Waals surface area contributed by atoms with Crippen molar-refractivity contribution in [1.82, 2.24) is 14.9 Å². The van der Waals surface area contributed by atoms with Gasteiger partial charge < -0.3 is 14.8 Å². The molecule has 9 heteroatoms. The van der Waals surface area contributed by atoms with Crippen molar-refractivity contribution in [3.8, 4) is 5.75 Å². The lowest BCUT2D eigenvalue weighted by Crippen LogP contribution is -2.35. The van der Waals surface area contributed by atoms with Gasteiger partial charge in [0.25, 0.3) is 5.91 Å². The van der Waals surface area contributed by atoms with E-state index in [1.165, 1.54) is 24.8 Å². The monoisotopic (exact) mass is 459 g/mol. The molecule has 0 bridgehead atoms. The average Bonchev–Trinajstić information content (AvgIpc) is 3.61. The van der Waals surface area contributed by atoms with Crippen molar-refractivity contribution in [2.75, 3.05) is 33.4 Å². The highest BCUT2D eigenvalue weighted by Crippen LogP contribution is 2.28.